The maximum atomic E-state index is 13.7. The first kappa shape index (κ1) is 20.2. The second-order valence-electron chi connectivity index (χ2n) is 6.20. The maximum Gasteiger partial charge on any atom is 0.200 e. The first-order valence-electron chi connectivity index (χ1n) is 8.73. The Morgan fingerprint density at radius 2 is 1.37 bits per heavy atom. The van der Waals surface area contributed by atoms with Crippen molar-refractivity contribution in [2.24, 2.45) is 0 Å². The van der Waals surface area contributed by atoms with Gasteiger partial charge in [0.25, 0.3) is 0 Å². The fourth-order valence-electron chi connectivity index (χ4n) is 2.61. The van der Waals surface area contributed by atoms with Crippen LogP contribution in [0.2, 0.25) is 10.0 Å². The lowest BCUT2D eigenvalue weighted by Gasteiger charge is -2.07. The summed E-state index contributed by atoms with van der Waals surface area (Å²) in [4.78, 5) is 14.6. The van der Waals surface area contributed by atoms with Gasteiger partial charge in [-0.3, -0.25) is 0 Å². The molecule has 0 aliphatic carbocycles. The predicted octanol–water partition coefficient (Wildman–Crippen LogP) is 5.54. The van der Waals surface area contributed by atoms with Crippen molar-refractivity contribution in [2.75, 3.05) is 0 Å². The molecule has 0 amide bonds. The van der Waals surface area contributed by atoms with Crippen molar-refractivity contribution in [3.8, 4) is 23.1 Å². The Balaban J connectivity index is 1.39. The van der Waals surface area contributed by atoms with E-state index in [0.717, 1.165) is 6.07 Å². The van der Waals surface area contributed by atoms with E-state index in [1.54, 1.807) is 24.4 Å². The highest BCUT2D eigenvalue weighted by Crippen LogP contribution is 2.32. The number of halogens is 4. The van der Waals surface area contributed by atoms with Crippen LogP contribution in [0.1, 0.15) is 11.4 Å². The largest absolute Gasteiger partial charge is 0.486 e. The van der Waals surface area contributed by atoms with E-state index in [4.69, 9.17) is 32.7 Å². The topological polar surface area (TPSA) is 75.8 Å². The molecule has 6 nitrogen and oxygen atoms in total. The van der Waals surface area contributed by atoms with Gasteiger partial charge < -0.3 is 19.4 Å². The first-order chi connectivity index (χ1) is 14.5. The number of benzene rings is 2. The molecule has 0 saturated carbocycles. The van der Waals surface area contributed by atoms with Crippen LogP contribution in [0.25, 0.3) is 11.6 Å². The van der Waals surface area contributed by atoms with Gasteiger partial charge in [0.15, 0.2) is 23.2 Å². The molecule has 10 heteroatoms. The third-order valence-corrected chi connectivity index (χ3v) is 4.88. The molecule has 0 aliphatic rings. The molecule has 0 aliphatic heterocycles. The van der Waals surface area contributed by atoms with Crippen molar-refractivity contribution < 1.29 is 18.3 Å². The van der Waals surface area contributed by atoms with Crippen molar-refractivity contribution in [3.05, 3.63) is 81.9 Å². The van der Waals surface area contributed by atoms with Gasteiger partial charge in [-0.05, 0) is 24.3 Å². The molecular formula is C20H14Cl2F2N4O2. The predicted molar refractivity (Wildman–Crippen MR) is 108 cm³/mol. The number of imidazole rings is 2. The molecular weight excluding hydrogens is 437 g/mol. The number of rotatable bonds is 7. The molecule has 30 heavy (non-hydrogen) atoms. The monoisotopic (exact) mass is 450 g/mol. The molecule has 0 saturated heterocycles. The van der Waals surface area contributed by atoms with Crippen molar-refractivity contribution in [1.82, 2.24) is 19.9 Å². The molecule has 0 atom stereocenters. The molecule has 154 valence electrons. The van der Waals surface area contributed by atoms with Crippen LogP contribution in [-0.4, -0.2) is 19.9 Å². The van der Waals surface area contributed by atoms with Crippen molar-refractivity contribution in [2.45, 2.75) is 13.2 Å². The Bertz CT molecular complexity index is 1090. The Hall–Kier alpha value is -3.10. The molecule has 2 aromatic heterocycles. The summed E-state index contributed by atoms with van der Waals surface area (Å²) in [6.45, 7) is 0.180. The van der Waals surface area contributed by atoms with E-state index in [1.807, 2.05) is 0 Å². The summed E-state index contributed by atoms with van der Waals surface area (Å²) in [5.41, 5.74) is 1.26. The van der Waals surface area contributed by atoms with E-state index in [0.29, 0.717) is 38.8 Å². The zero-order valence-electron chi connectivity index (χ0n) is 15.3. The van der Waals surface area contributed by atoms with Crippen molar-refractivity contribution >= 4 is 23.2 Å². The van der Waals surface area contributed by atoms with Gasteiger partial charge in [-0.25, -0.2) is 14.4 Å². The van der Waals surface area contributed by atoms with E-state index in [9.17, 15) is 8.78 Å². The summed E-state index contributed by atoms with van der Waals surface area (Å²) < 4.78 is 37.9. The molecule has 0 spiro atoms. The SMILES string of the molecule is Fc1cccc(OCc2cnc(-c3ncc(COc4cccc(Cl)c4Cl)[nH]3)[nH]2)c1F. The first-order valence-corrected chi connectivity index (χ1v) is 9.48. The van der Waals surface area contributed by atoms with E-state index >= 15 is 0 Å². The van der Waals surface area contributed by atoms with Gasteiger partial charge in [0.05, 0.1) is 28.8 Å². The van der Waals surface area contributed by atoms with Crippen LogP contribution >= 0.6 is 23.2 Å². The van der Waals surface area contributed by atoms with Gasteiger partial charge in [-0.1, -0.05) is 35.3 Å². The van der Waals surface area contributed by atoms with Crippen LogP contribution in [-0.2, 0) is 13.2 Å². The Morgan fingerprint density at radius 3 is 2.03 bits per heavy atom. The Kier molecular flexibility index (Phi) is 5.87. The Morgan fingerprint density at radius 1 is 0.800 bits per heavy atom. The number of hydrogen-bond donors (Lipinski definition) is 2. The summed E-state index contributed by atoms with van der Waals surface area (Å²) in [7, 11) is 0. The molecule has 2 aromatic carbocycles. The van der Waals surface area contributed by atoms with Crippen molar-refractivity contribution in [1.29, 1.82) is 0 Å². The van der Waals surface area contributed by atoms with Gasteiger partial charge in [0.2, 0.25) is 5.82 Å². The van der Waals surface area contributed by atoms with Crippen molar-refractivity contribution in [3.63, 3.8) is 0 Å². The summed E-state index contributed by atoms with van der Waals surface area (Å²) in [6, 6.07) is 8.87. The van der Waals surface area contributed by atoms with Crippen LogP contribution in [0.3, 0.4) is 0 Å². The summed E-state index contributed by atoms with van der Waals surface area (Å²) >= 11 is 12.1. The number of hydrogen-bond acceptors (Lipinski definition) is 4. The number of H-pyrrole nitrogens is 2. The second kappa shape index (κ2) is 8.73. The van der Waals surface area contributed by atoms with Crippen LogP contribution < -0.4 is 9.47 Å². The average molecular weight is 451 g/mol. The van der Waals surface area contributed by atoms with Gasteiger partial charge >= 0.3 is 0 Å². The third-order valence-electron chi connectivity index (χ3n) is 4.08. The average Bonchev–Trinajstić information content (AvgIpc) is 3.39. The second-order valence-corrected chi connectivity index (χ2v) is 6.98. The number of nitrogens with one attached hydrogen (secondary N) is 2. The highest BCUT2D eigenvalue weighted by Gasteiger charge is 2.12. The molecule has 0 fully saturated rings. The zero-order valence-corrected chi connectivity index (χ0v) is 16.8. The number of nitrogens with zero attached hydrogens (tertiary/aromatic N) is 2. The summed E-state index contributed by atoms with van der Waals surface area (Å²) in [5.74, 6) is -0.783. The quantitative estimate of drug-likeness (QED) is 0.387. The molecule has 2 N–H and O–H groups in total. The molecule has 2 heterocycles. The lowest BCUT2D eigenvalue weighted by atomic mass is 10.3. The molecule has 0 radical (unpaired) electrons. The van der Waals surface area contributed by atoms with Crippen LogP contribution in [0.4, 0.5) is 8.78 Å². The van der Waals surface area contributed by atoms with Gasteiger partial charge in [0.1, 0.15) is 24.0 Å². The highest BCUT2D eigenvalue weighted by atomic mass is 35.5. The van der Waals surface area contributed by atoms with E-state index in [-0.39, 0.29) is 19.0 Å². The van der Waals surface area contributed by atoms with E-state index in [1.165, 1.54) is 18.3 Å². The van der Waals surface area contributed by atoms with Crippen LogP contribution in [0.5, 0.6) is 11.5 Å². The normalized spacial score (nSPS) is 10.9. The fraction of sp³-hybridized carbons (Fsp3) is 0.100. The Labute approximate surface area is 179 Å². The van der Waals surface area contributed by atoms with E-state index < -0.39 is 11.6 Å². The molecule has 0 unspecified atom stereocenters. The van der Waals surface area contributed by atoms with Gasteiger partial charge in [0, 0.05) is 0 Å². The summed E-state index contributed by atoms with van der Waals surface area (Å²) in [6.07, 6.45) is 3.13. The third kappa shape index (κ3) is 4.39. The van der Waals surface area contributed by atoms with E-state index in [2.05, 4.69) is 19.9 Å². The maximum absolute atomic E-state index is 13.7. The minimum Gasteiger partial charge on any atom is -0.486 e. The lowest BCUT2D eigenvalue weighted by molar-refractivity contribution is 0.281. The minimum absolute atomic E-state index is 0.0166. The lowest BCUT2D eigenvalue weighted by Crippen LogP contribution is -1.99. The molecule has 0 bridgehead atoms. The van der Waals surface area contributed by atoms with Gasteiger partial charge in [-0.15, -0.1) is 0 Å². The number of ether oxygens (including phenoxy) is 2. The summed E-state index contributed by atoms with van der Waals surface area (Å²) in [5, 5.41) is 0.743. The number of aromatic amines is 2. The van der Waals surface area contributed by atoms with Crippen LogP contribution in [0.15, 0.2) is 48.8 Å². The van der Waals surface area contributed by atoms with Crippen LogP contribution in [0, 0.1) is 11.6 Å². The van der Waals surface area contributed by atoms with Gasteiger partial charge in [-0.2, -0.15) is 4.39 Å². The number of aromatic nitrogens is 4. The smallest absolute Gasteiger partial charge is 0.200 e. The standard InChI is InChI=1S/C20H14Cl2F2N4O2/c21-13-3-1-5-15(17(13)22)29-9-11-7-25-19(27-11)20-26-8-12(28-20)10-30-16-6-2-4-14(23)18(16)24/h1-8H,9-10H2,(H,25,27)(H,26,28). The fourth-order valence-corrected chi connectivity index (χ4v) is 2.95. The zero-order chi connectivity index (χ0) is 21.1. The minimum atomic E-state index is -1.03. The highest BCUT2D eigenvalue weighted by molar-refractivity contribution is 6.42. The molecule has 4 aromatic rings. The molecule has 4 rings (SSSR count).